The predicted octanol–water partition coefficient (Wildman–Crippen LogP) is 1.90. The summed E-state index contributed by atoms with van der Waals surface area (Å²) < 4.78 is 5.22. The highest BCUT2D eigenvalue weighted by Gasteiger charge is 2.28. The van der Waals surface area contributed by atoms with E-state index in [0.717, 1.165) is 13.0 Å². The Morgan fingerprint density at radius 1 is 1.44 bits per heavy atom. The number of carbonyl (C=O) groups excluding carboxylic acids is 1. The number of carbonyl (C=O) groups is 1. The van der Waals surface area contributed by atoms with Crippen molar-refractivity contribution in [2.45, 2.75) is 58.7 Å². The zero-order chi connectivity index (χ0) is 12.3. The van der Waals surface area contributed by atoms with Gasteiger partial charge in [-0.3, -0.25) is 0 Å². The fraction of sp³-hybridized carbons (Fsp3) is 0.917. The number of ether oxygens (including phenoxy) is 1. The van der Waals surface area contributed by atoms with E-state index in [2.05, 4.69) is 24.5 Å². The van der Waals surface area contributed by atoms with Gasteiger partial charge in [-0.15, -0.1) is 0 Å². The van der Waals surface area contributed by atoms with Crippen molar-refractivity contribution < 1.29 is 9.53 Å². The van der Waals surface area contributed by atoms with E-state index in [-0.39, 0.29) is 12.1 Å². The molecule has 1 fully saturated rings. The standard InChI is InChI=1S/C12H24N2O2/c1-8(2)10-6-9(7-13-10)14-11(15)16-12(3,4)5/h8-10,13H,6-7H2,1-5H3,(H,14,15)/t9-,10-/m0/s1. The maximum absolute atomic E-state index is 11.5. The molecule has 0 radical (unpaired) electrons. The molecular weight excluding hydrogens is 204 g/mol. The zero-order valence-corrected chi connectivity index (χ0v) is 11.0. The summed E-state index contributed by atoms with van der Waals surface area (Å²) in [5.41, 5.74) is -0.423. The highest BCUT2D eigenvalue weighted by atomic mass is 16.6. The molecule has 0 spiro atoms. The summed E-state index contributed by atoms with van der Waals surface area (Å²) in [5.74, 6) is 0.602. The quantitative estimate of drug-likeness (QED) is 0.759. The number of amides is 1. The minimum atomic E-state index is -0.423. The molecule has 1 aliphatic rings. The summed E-state index contributed by atoms with van der Waals surface area (Å²) in [6.07, 6.45) is 0.667. The van der Waals surface area contributed by atoms with Gasteiger partial charge in [0, 0.05) is 18.6 Å². The fourth-order valence-electron chi connectivity index (χ4n) is 1.86. The van der Waals surface area contributed by atoms with E-state index in [1.807, 2.05) is 20.8 Å². The molecule has 1 amide bonds. The van der Waals surface area contributed by atoms with Gasteiger partial charge < -0.3 is 15.4 Å². The summed E-state index contributed by atoms with van der Waals surface area (Å²) in [6.45, 7) is 10.8. The zero-order valence-electron chi connectivity index (χ0n) is 11.0. The van der Waals surface area contributed by atoms with Crippen LogP contribution in [0.3, 0.4) is 0 Å². The van der Waals surface area contributed by atoms with E-state index in [1.165, 1.54) is 0 Å². The summed E-state index contributed by atoms with van der Waals surface area (Å²) in [7, 11) is 0. The van der Waals surface area contributed by atoms with Crippen molar-refractivity contribution in [2.24, 2.45) is 5.92 Å². The van der Waals surface area contributed by atoms with E-state index in [0.29, 0.717) is 12.0 Å². The molecule has 0 aliphatic carbocycles. The van der Waals surface area contributed by atoms with Crippen molar-refractivity contribution in [2.75, 3.05) is 6.54 Å². The molecule has 16 heavy (non-hydrogen) atoms. The third-order valence-corrected chi connectivity index (χ3v) is 2.69. The van der Waals surface area contributed by atoms with Crippen molar-refractivity contribution >= 4 is 6.09 Å². The number of nitrogens with one attached hydrogen (secondary N) is 2. The molecule has 1 rings (SSSR count). The second-order valence-corrected chi connectivity index (χ2v) is 5.84. The average Bonchev–Trinajstić information content (AvgIpc) is 2.48. The van der Waals surface area contributed by atoms with Crippen LogP contribution in [0.5, 0.6) is 0 Å². The molecule has 4 nitrogen and oxygen atoms in total. The van der Waals surface area contributed by atoms with Gasteiger partial charge in [0.2, 0.25) is 0 Å². The van der Waals surface area contributed by atoms with Crippen LogP contribution in [0.2, 0.25) is 0 Å². The molecule has 0 aromatic rings. The molecule has 94 valence electrons. The van der Waals surface area contributed by atoms with E-state index >= 15 is 0 Å². The predicted molar refractivity (Wildman–Crippen MR) is 64.4 cm³/mol. The van der Waals surface area contributed by atoms with Gasteiger partial charge in [0.1, 0.15) is 5.60 Å². The molecule has 1 saturated heterocycles. The monoisotopic (exact) mass is 228 g/mol. The van der Waals surface area contributed by atoms with Gasteiger partial charge in [0.05, 0.1) is 0 Å². The van der Waals surface area contributed by atoms with Crippen molar-refractivity contribution in [3.05, 3.63) is 0 Å². The Hall–Kier alpha value is -0.770. The Balaban J connectivity index is 2.32. The van der Waals surface area contributed by atoms with Crippen LogP contribution in [0.15, 0.2) is 0 Å². The summed E-state index contributed by atoms with van der Waals surface area (Å²) in [4.78, 5) is 11.5. The largest absolute Gasteiger partial charge is 0.444 e. The van der Waals surface area contributed by atoms with Crippen molar-refractivity contribution in [3.8, 4) is 0 Å². The topological polar surface area (TPSA) is 50.4 Å². The average molecular weight is 228 g/mol. The Kier molecular flexibility index (Phi) is 4.19. The van der Waals surface area contributed by atoms with Gasteiger partial charge in [0.15, 0.2) is 0 Å². The third-order valence-electron chi connectivity index (χ3n) is 2.69. The van der Waals surface area contributed by atoms with Crippen LogP contribution < -0.4 is 10.6 Å². The molecule has 4 heteroatoms. The van der Waals surface area contributed by atoms with E-state index in [9.17, 15) is 4.79 Å². The minimum absolute atomic E-state index is 0.197. The van der Waals surface area contributed by atoms with Crippen molar-refractivity contribution in [1.29, 1.82) is 0 Å². The highest BCUT2D eigenvalue weighted by molar-refractivity contribution is 5.68. The summed E-state index contributed by atoms with van der Waals surface area (Å²) >= 11 is 0. The molecule has 1 aliphatic heterocycles. The van der Waals surface area contributed by atoms with Gasteiger partial charge >= 0.3 is 6.09 Å². The van der Waals surface area contributed by atoms with Gasteiger partial charge in [-0.2, -0.15) is 0 Å². The van der Waals surface area contributed by atoms with E-state index < -0.39 is 5.60 Å². The normalized spacial score (nSPS) is 25.9. The highest BCUT2D eigenvalue weighted by Crippen LogP contribution is 2.15. The van der Waals surface area contributed by atoms with Crippen LogP contribution in [0.4, 0.5) is 4.79 Å². The van der Waals surface area contributed by atoms with E-state index in [4.69, 9.17) is 4.74 Å². The van der Waals surface area contributed by atoms with Gasteiger partial charge in [-0.05, 0) is 33.1 Å². The van der Waals surface area contributed by atoms with Crippen LogP contribution in [0.1, 0.15) is 41.0 Å². The smallest absolute Gasteiger partial charge is 0.407 e. The van der Waals surface area contributed by atoms with Crippen LogP contribution in [0.25, 0.3) is 0 Å². The fourth-order valence-corrected chi connectivity index (χ4v) is 1.86. The number of hydrogen-bond acceptors (Lipinski definition) is 3. The molecule has 0 aromatic heterocycles. The summed E-state index contributed by atoms with van der Waals surface area (Å²) in [6, 6.07) is 0.696. The van der Waals surface area contributed by atoms with Crippen LogP contribution in [-0.4, -0.2) is 30.3 Å². The van der Waals surface area contributed by atoms with Crippen molar-refractivity contribution in [1.82, 2.24) is 10.6 Å². The summed E-state index contributed by atoms with van der Waals surface area (Å²) in [5, 5.41) is 6.30. The maximum Gasteiger partial charge on any atom is 0.407 e. The first-order chi connectivity index (χ1) is 7.28. The third kappa shape index (κ3) is 4.39. The molecule has 2 N–H and O–H groups in total. The first-order valence-corrected chi connectivity index (χ1v) is 6.01. The van der Waals surface area contributed by atoms with Crippen molar-refractivity contribution in [3.63, 3.8) is 0 Å². The lowest BCUT2D eigenvalue weighted by Gasteiger charge is -2.21. The number of hydrogen-bond donors (Lipinski definition) is 2. The van der Waals surface area contributed by atoms with Gasteiger partial charge in [-0.1, -0.05) is 13.8 Å². The molecular formula is C12H24N2O2. The SMILES string of the molecule is CC(C)[C@@H]1C[C@H](NC(=O)OC(C)(C)C)CN1. The lowest BCUT2D eigenvalue weighted by molar-refractivity contribution is 0.0507. The Morgan fingerprint density at radius 2 is 2.06 bits per heavy atom. The first-order valence-electron chi connectivity index (χ1n) is 6.01. The first kappa shape index (κ1) is 13.3. The Morgan fingerprint density at radius 3 is 2.50 bits per heavy atom. The number of alkyl carbamates (subject to hydrolysis) is 1. The molecule has 1 heterocycles. The molecule has 0 aromatic carbocycles. The van der Waals surface area contributed by atoms with Crippen LogP contribution in [-0.2, 0) is 4.74 Å². The molecule has 0 unspecified atom stereocenters. The van der Waals surface area contributed by atoms with E-state index in [1.54, 1.807) is 0 Å². The number of rotatable bonds is 2. The minimum Gasteiger partial charge on any atom is -0.444 e. The van der Waals surface area contributed by atoms with Crippen LogP contribution >= 0.6 is 0 Å². The second kappa shape index (κ2) is 5.04. The Labute approximate surface area is 98.1 Å². The lowest BCUT2D eigenvalue weighted by atomic mass is 10.0. The molecule has 0 bridgehead atoms. The molecule has 2 atom stereocenters. The van der Waals surface area contributed by atoms with Crippen LogP contribution in [0, 0.1) is 5.92 Å². The maximum atomic E-state index is 11.5. The van der Waals surface area contributed by atoms with Gasteiger partial charge in [-0.25, -0.2) is 4.79 Å². The second-order valence-electron chi connectivity index (χ2n) is 5.84. The lowest BCUT2D eigenvalue weighted by Crippen LogP contribution is -2.40. The Bertz CT molecular complexity index is 246. The molecule has 0 saturated carbocycles. The van der Waals surface area contributed by atoms with Gasteiger partial charge in [0.25, 0.3) is 0 Å².